The summed E-state index contributed by atoms with van der Waals surface area (Å²) in [6.07, 6.45) is 14.2. The summed E-state index contributed by atoms with van der Waals surface area (Å²) in [7, 11) is 3.25. The molecule has 0 saturated carbocycles. The van der Waals surface area contributed by atoms with E-state index in [1.807, 2.05) is 13.8 Å². The Balaban J connectivity index is 0. The number of hydrogen-bond acceptors (Lipinski definition) is 4. The molecule has 0 fully saturated rings. The van der Waals surface area contributed by atoms with Crippen molar-refractivity contribution in [2.75, 3.05) is 34.1 Å². The third-order valence-electron chi connectivity index (χ3n) is 7.48. The monoisotopic (exact) mass is 580 g/mol. The fourth-order valence-electron chi connectivity index (χ4n) is 4.70. The minimum atomic E-state index is 0.364. The second-order valence-electron chi connectivity index (χ2n) is 11.3. The lowest BCUT2D eigenvalue weighted by Gasteiger charge is -2.24. The first-order valence-corrected chi connectivity index (χ1v) is 16.9. The third kappa shape index (κ3) is 19.9. The van der Waals surface area contributed by atoms with Gasteiger partial charge in [-0.1, -0.05) is 113 Å². The number of hydrogen-bond donors (Lipinski definition) is 0. The van der Waals surface area contributed by atoms with Crippen LogP contribution in [0.1, 0.15) is 151 Å². The summed E-state index contributed by atoms with van der Waals surface area (Å²) < 4.78 is 15.1. The number of ether oxygens (including phenoxy) is 3. The van der Waals surface area contributed by atoms with Crippen molar-refractivity contribution >= 4 is 5.91 Å². The van der Waals surface area contributed by atoms with Crippen molar-refractivity contribution in [3.05, 3.63) is 23.8 Å². The summed E-state index contributed by atoms with van der Waals surface area (Å²) >= 11 is 0. The highest BCUT2D eigenvalue weighted by Gasteiger charge is 2.19. The van der Waals surface area contributed by atoms with Crippen LogP contribution in [0.5, 0.6) is 11.5 Å². The van der Waals surface area contributed by atoms with Crippen molar-refractivity contribution in [3.63, 3.8) is 0 Å². The van der Waals surface area contributed by atoms with Crippen molar-refractivity contribution in [2.45, 2.75) is 145 Å². The molecular formula is C36H69NO4. The van der Waals surface area contributed by atoms with Crippen molar-refractivity contribution in [1.29, 1.82) is 0 Å². The zero-order valence-corrected chi connectivity index (χ0v) is 29.2. The maximum atomic E-state index is 12.1. The van der Waals surface area contributed by atoms with Gasteiger partial charge in [-0.3, -0.25) is 4.79 Å². The van der Waals surface area contributed by atoms with E-state index in [9.17, 15) is 4.79 Å². The number of carbonyl (C=O) groups excluding carboxylic acids is 1. The van der Waals surface area contributed by atoms with Gasteiger partial charge in [0.15, 0.2) is 11.5 Å². The largest absolute Gasteiger partial charge is 0.454 e. The van der Waals surface area contributed by atoms with Crippen LogP contribution in [-0.4, -0.2) is 44.9 Å². The van der Waals surface area contributed by atoms with Gasteiger partial charge in [0.2, 0.25) is 12.7 Å². The summed E-state index contributed by atoms with van der Waals surface area (Å²) in [5.74, 6) is 4.13. The quantitative estimate of drug-likeness (QED) is 0.172. The van der Waals surface area contributed by atoms with E-state index < -0.39 is 0 Å². The maximum absolute atomic E-state index is 12.1. The smallest absolute Gasteiger partial charge is 0.231 e. The molecule has 5 heteroatoms. The molecule has 2 rings (SSSR count). The second kappa shape index (κ2) is 28.4. The Hall–Kier alpha value is -1.75. The number of amides is 1. The standard InChI is InChI=1S/C17H26O2.C15H31NO.C2H6O.C2H6/c1-4-6-7-13(3)10-14(5-2)15-8-9-16-17(11-15)19-12-18-16;1-5-8-10-12-16(11-9-6-2)15(17)13-14(4)7-3;1-3-2;1-2/h8-9,11,13-14H,4-7,10,12H2,1-3H3;14H,5-13H2,1-4H3;1-2H3;1-2H3. The van der Waals surface area contributed by atoms with Gasteiger partial charge in [0.25, 0.3) is 0 Å². The molecule has 3 unspecified atom stereocenters. The second-order valence-corrected chi connectivity index (χ2v) is 11.3. The molecule has 0 spiro atoms. The molecule has 3 atom stereocenters. The number of nitrogens with zero attached hydrogens (tertiary/aromatic N) is 1. The van der Waals surface area contributed by atoms with Crippen LogP contribution in [0.3, 0.4) is 0 Å². The lowest BCUT2D eigenvalue weighted by molar-refractivity contribution is -0.132. The molecule has 41 heavy (non-hydrogen) atoms. The van der Waals surface area contributed by atoms with E-state index in [1.54, 1.807) is 14.2 Å². The van der Waals surface area contributed by atoms with Crippen LogP contribution in [0.15, 0.2) is 18.2 Å². The van der Waals surface area contributed by atoms with Gasteiger partial charge in [-0.15, -0.1) is 0 Å². The van der Waals surface area contributed by atoms with E-state index in [0.717, 1.165) is 56.2 Å². The zero-order valence-electron chi connectivity index (χ0n) is 29.2. The summed E-state index contributed by atoms with van der Waals surface area (Å²) in [5, 5.41) is 0. The lowest BCUT2D eigenvalue weighted by atomic mass is 9.85. The molecule has 1 aliphatic rings. The molecule has 1 aliphatic heterocycles. The van der Waals surface area contributed by atoms with Crippen molar-refractivity contribution in [3.8, 4) is 11.5 Å². The molecule has 1 heterocycles. The summed E-state index contributed by atoms with van der Waals surface area (Å²) in [4.78, 5) is 14.2. The molecule has 1 amide bonds. The highest BCUT2D eigenvalue weighted by Crippen LogP contribution is 2.37. The van der Waals surface area contributed by atoms with E-state index in [-0.39, 0.29) is 0 Å². The molecule has 0 N–H and O–H groups in total. The number of rotatable bonds is 17. The predicted octanol–water partition coefficient (Wildman–Crippen LogP) is 10.7. The summed E-state index contributed by atoms with van der Waals surface area (Å²) in [6.45, 7) is 21.9. The topological polar surface area (TPSA) is 48.0 Å². The van der Waals surface area contributed by atoms with Crippen molar-refractivity contribution < 1.29 is 19.0 Å². The van der Waals surface area contributed by atoms with E-state index in [2.05, 4.69) is 76.3 Å². The van der Waals surface area contributed by atoms with Gasteiger partial charge in [-0.2, -0.15) is 0 Å². The SMILES string of the molecule is CC.CCCCC(C)CC(CC)c1ccc2c(c1)OCO2.CCCCCN(CCCC)C(=O)CC(C)CC.COC. The molecule has 0 bridgehead atoms. The number of methoxy groups -OCH3 is 1. The van der Waals surface area contributed by atoms with Crippen LogP contribution < -0.4 is 9.47 Å². The zero-order chi connectivity index (χ0) is 31.5. The highest BCUT2D eigenvalue weighted by molar-refractivity contribution is 5.76. The van der Waals surface area contributed by atoms with Crippen molar-refractivity contribution in [2.24, 2.45) is 11.8 Å². The molecule has 0 aliphatic carbocycles. The fourth-order valence-corrected chi connectivity index (χ4v) is 4.70. The van der Waals surface area contributed by atoms with Gasteiger partial charge in [-0.25, -0.2) is 0 Å². The lowest BCUT2D eigenvalue weighted by Crippen LogP contribution is -2.33. The van der Waals surface area contributed by atoms with Gasteiger partial charge < -0.3 is 19.1 Å². The van der Waals surface area contributed by atoms with Gasteiger partial charge >= 0.3 is 0 Å². The Morgan fingerprint density at radius 1 is 0.829 bits per heavy atom. The third-order valence-corrected chi connectivity index (χ3v) is 7.48. The van der Waals surface area contributed by atoms with Gasteiger partial charge in [0.1, 0.15) is 0 Å². The fraction of sp³-hybridized carbons (Fsp3) is 0.806. The number of fused-ring (bicyclic) bond motifs is 1. The van der Waals surface area contributed by atoms with Crippen LogP contribution in [0.2, 0.25) is 0 Å². The summed E-state index contributed by atoms with van der Waals surface area (Å²) in [6, 6.07) is 6.42. The predicted molar refractivity (Wildman–Crippen MR) is 178 cm³/mol. The van der Waals surface area contributed by atoms with Crippen LogP contribution in [0, 0.1) is 11.8 Å². The first-order valence-electron chi connectivity index (χ1n) is 16.9. The Kier molecular flexibility index (Phi) is 28.6. The number of benzene rings is 1. The molecular weight excluding hydrogens is 510 g/mol. The minimum absolute atomic E-state index is 0.364. The van der Waals surface area contributed by atoms with Gasteiger partial charge in [0.05, 0.1) is 0 Å². The van der Waals surface area contributed by atoms with Crippen LogP contribution in [0.25, 0.3) is 0 Å². The minimum Gasteiger partial charge on any atom is -0.454 e. The molecule has 5 nitrogen and oxygen atoms in total. The van der Waals surface area contributed by atoms with Crippen LogP contribution in [0.4, 0.5) is 0 Å². The number of carbonyl (C=O) groups is 1. The average Bonchev–Trinajstić information content (AvgIpc) is 3.46. The first-order chi connectivity index (χ1) is 19.8. The van der Waals surface area contributed by atoms with E-state index in [4.69, 9.17) is 9.47 Å². The maximum Gasteiger partial charge on any atom is 0.231 e. The Bertz CT molecular complexity index is 724. The molecule has 1 aromatic carbocycles. The van der Waals surface area contributed by atoms with Gasteiger partial charge in [0, 0.05) is 33.7 Å². The van der Waals surface area contributed by atoms with E-state index >= 15 is 0 Å². The Morgan fingerprint density at radius 3 is 1.98 bits per heavy atom. The highest BCUT2D eigenvalue weighted by atomic mass is 16.7. The summed E-state index contributed by atoms with van der Waals surface area (Å²) in [5.41, 5.74) is 1.40. The van der Waals surface area contributed by atoms with Crippen LogP contribution >= 0.6 is 0 Å². The molecule has 0 aromatic heterocycles. The normalized spacial score (nSPS) is 13.3. The molecule has 0 radical (unpaired) electrons. The molecule has 0 saturated heterocycles. The van der Waals surface area contributed by atoms with E-state index in [0.29, 0.717) is 24.5 Å². The number of unbranched alkanes of at least 4 members (excludes halogenated alkanes) is 4. The van der Waals surface area contributed by atoms with E-state index in [1.165, 1.54) is 56.9 Å². The molecule has 242 valence electrons. The van der Waals surface area contributed by atoms with Gasteiger partial charge in [-0.05, 0) is 61.1 Å². The van der Waals surface area contributed by atoms with Crippen molar-refractivity contribution in [1.82, 2.24) is 4.90 Å². The first kappa shape index (κ1) is 41.4. The average molecular weight is 580 g/mol. The molecule has 1 aromatic rings. The van der Waals surface area contributed by atoms with Crippen LogP contribution in [-0.2, 0) is 9.53 Å². The Morgan fingerprint density at radius 2 is 1.41 bits per heavy atom. The Labute approximate surface area is 256 Å².